The maximum atomic E-state index is 14.7. The molecule has 0 spiro atoms. The number of rotatable bonds is 7. The summed E-state index contributed by atoms with van der Waals surface area (Å²) in [6.07, 6.45) is 6.82. The molecule has 6 rings (SSSR count). The number of nitriles is 1. The molecule has 0 radical (unpaired) electrons. The maximum Gasteiger partial charge on any atom is 0.254 e. The standard InChI is InChI=1S/C41H46FN7O6/c1-53-35-20-34-33(38(54-2)39(35)55-3)19-31-25-49(41(52)30-16-29(21-43)17-32(42)18-30)14-5-4-13-47(37(51)11-10-27-8-6-12-44-22-27)26-36(50)45-23-28-9-7-15-48(24-28)40(31)46-34/h6,8,12,16-20,22,28H,4-5,7,9-11,13-15,23-26H2,1-3H3,(H,45,50). The summed E-state index contributed by atoms with van der Waals surface area (Å²) in [5.74, 6) is 0.529. The first kappa shape index (κ1) is 38.7. The summed E-state index contributed by atoms with van der Waals surface area (Å²) in [5, 5.41) is 13.3. The van der Waals surface area contributed by atoms with Crippen LogP contribution in [0.5, 0.6) is 17.2 Å². The number of benzene rings is 2. The molecule has 2 aliphatic rings. The van der Waals surface area contributed by atoms with E-state index in [1.807, 2.05) is 24.3 Å². The van der Waals surface area contributed by atoms with Gasteiger partial charge >= 0.3 is 0 Å². The molecule has 0 aliphatic carbocycles. The number of aryl methyl sites for hydroxylation is 1. The Labute approximate surface area is 320 Å². The van der Waals surface area contributed by atoms with E-state index in [4.69, 9.17) is 19.2 Å². The van der Waals surface area contributed by atoms with Crippen molar-refractivity contribution < 1.29 is 33.0 Å². The smallest absolute Gasteiger partial charge is 0.254 e. The molecule has 2 bridgehead atoms. The van der Waals surface area contributed by atoms with E-state index < -0.39 is 11.7 Å². The van der Waals surface area contributed by atoms with Crippen molar-refractivity contribution in [2.75, 3.05) is 65.5 Å². The first-order valence-corrected chi connectivity index (χ1v) is 18.5. The SMILES string of the molecule is COc1cc2nc3c(cc2c(OC)c1OC)CN(C(=O)c1cc(F)cc(C#N)c1)CCCCN(C(=O)CCc1cccnc1)CC(=O)NCC1CCCN3C1. The van der Waals surface area contributed by atoms with Crippen LogP contribution in [0.4, 0.5) is 10.2 Å². The Balaban J connectivity index is 1.39. The number of fused-ring (bicyclic) bond motifs is 5. The van der Waals surface area contributed by atoms with Gasteiger partial charge in [-0.2, -0.15) is 5.26 Å². The van der Waals surface area contributed by atoms with E-state index in [0.29, 0.717) is 79.4 Å². The third-order valence-electron chi connectivity index (χ3n) is 10.2. The van der Waals surface area contributed by atoms with Gasteiger partial charge in [0.2, 0.25) is 17.6 Å². The largest absolute Gasteiger partial charge is 0.493 e. The number of halogens is 1. The predicted octanol–water partition coefficient (Wildman–Crippen LogP) is 4.90. The lowest BCUT2D eigenvalue weighted by Crippen LogP contribution is -2.45. The van der Waals surface area contributed by atoms with Gasteiger partial charge in [0.15, 0.2) is 11.5 Å². The van der Waals surface area contributed by atoms with E-state index in [-0.39, 0.29) is 54.9 Å². The van der Waals surface area contributed by atoms with Crippen LogP contribution in [0.3, 0.4) is 0 Å². The van der Waals surface area contributed by atoms with Crippen molar-refractivity contribution in [3.8, 4) is 23.3 Å². The molecular weight excluding hydrogens is 705 g/mol. The number of carbonyl (C=O) groups excluding carboxylic acids is 3. The van der Waals surface area contributed by atoms with Gasteiger partial charge in [0, 0.05) is 80.7 Å². The summed E-state index contributed by atoms with van der Waals surface area (Å²) < 4.78 is 31.8. The highest BCUT2D eigenvalue weighted by atomic mass is 19.1. The number of methoxy groups -OCH3 is 3. The van der Waals surface area contributed by atoms with Gasteiger partial charge in [-0.05, 0) is 73.9 Å². The summed E-state index contributed by atoms with van der Waals surface area (Å²) in [6, 6.07) is 13.0. The Kier molecular flexibility index (Phi) is 12.6. The molecule has 2 aromatic heterocycles. The molecule has 14 heteroatoms. The van der Waals surface area contributed by atoms with Crippen LogP contribution in [0.25, 0.3) is 10.9 Å². The fourth-order valence-electron chi connectivity index (χ4n) is 7.39. The van der Waals surface area contributed by atoms with E-state index in [9.17, 15) is 24.0 Å². The van der Waals surface area contributed by atoms with Crippen molar-refractivity contribution in [2.45, 2.75) is 45.1 Å². The zero-order valence-corrected chi connectivity index (χ0v) is 31.5. The minimum Gasteiger partial charge on any atom is -0.493 e. The molecule has 3 amide bonds. The zero-order chi connectivity index (χ0) is 38.9. The second-order valence-corrected chi connectivity index (χ2v) is 13.9. The summed E-state index contributed by atoms with van der Waals surface area (Å²) in [5.41, 5.74) is 2.35. The number of nitrogens with zero attached hydrogens (tertiary/aromatic N) is 6. The molecule has 13 nitrogen and oxygen atoms in total. The molecule has 1 saturated heterocycles. The van der Waals surface area contributed by atoms with Gasteiger partial charge < -0.3 is 34.2 Å². The highest BCUT2D eigenvalue weighted by Crippen LogP contribution is 2.44. The summed E-state index contributed by atoms with van der Waals surface area (Å²) in [7, 11) is 4.61. The molecule has 0 saturated carbocycles. The average Bonchev–Trinajstić information content (AvgIpc) is 3.21. The highest BCUT2D eigenvalue weighted by Gasteiger charge is 2.29. The van der Waals surface area contributed by atoms with Crippen molar-refractivity contribution in [1.82, 2.24) is 25.1 Å². The second kappa shape index (κ2) is 17.9. The summed E-state index contributed by atoms with van der Waals surface area (Å²) >= 11 is 0. The Hall–Kier alpha value is -5.97. The lowest BCUT2D eigenvalue weighted by molar-refractivity contribution is -0.136. The molecule has 1 fully saturated rings. The fourth-order valence-corrected chi connectivity index (χ4v) is 7.39. The molecule has 1 atom stereocenters. The summed E-state index contributed by atoms with van der Waals surface area (Å²) in [4.78, 5) is 55.9. The molecule has 288 valence electrons. The first-order valence-electron chi connectivity index (χ1n) is 18.5. The zero-order valence-electron chi connectivity index (χ0n) is 31.5. The Morgan fingerprint density at radius 1 is 0.982 bits per heavy atom. The van der Waals surface area contributed by atoms with Gasteiger partial charge in [-0.3, -0.25) is 19.4 Å². The van der Waals surface area contributed by atoms with E-state index in [1.54, 1.807) is 35.4 Å². The van der Waals surface area contributed by atoms with Crippen molar-refractivity contribution in [2.24, 2.45) is 5.92 Å². The Morgan fingerprint density at radius 3 is 2.51 bits per heavy atom. The maximum absolute atomic E-state index is 14.7. The van der Waals surface area contributed by atoms with E-state index in [1.165, 1.54) is 20.3 Å². The average molecular weight is 752 g/mol. The topological polar surface area (TPSA) is 150 Å². The normalized spacial score (nSPS) is 16.8. The predicted molar refractivity (Wildman–Crippen MR) is 204 cm³/mol. The van der Waals surface area contributed by atoms with Crippen LogP contribution in [0.1, 0.15) is 59.2 Å². The third-order valence-corrected chi connectivity index (χ3v) is 10.2. The minimum atomic E-state index is -0.686. The Bertz CT molecular complexity index is 2070. The van der Waals surface area contributed by atoms with Crippen LogP contribution < -0.4 is 24.4 Å². The van der Waals surface area contributed by atoms with E-state index >= 15 is 0 Å². The monoisotopic (exact) mass is 751 g/mol. The molecule has 2 aliphatic heterocycles. The van der Waals surface area contributed by atoms with Gasteiger partial charge in [-0.1, -0.05) is 6.07 Å². The van der Waals surface area contributed by atoms with Crippen LogP contribution >= 0.6 is 0 Å². The van der Waals surface area contributed by atoms with Crippen molar-refractivity contribution in [3.05, 3.63) is 82.9 Å². The second-order valence-electron chi connectivity index (χ2n) is 13.9. The highest BCUT2D eigenvalue weighted by molar-refractivity contribution is 5.95. The number of pyridine rings is 2. The molecule has 2 aromatic carbocycles. The number of amides is 3. The molecular formula is C41H46FN7O6. The van der Waals surface area contributed by atoms with E-state index in [0.717, 1.165) is 36.1 Å². The van der Waals surface area contributed by atoms with E-state index in [2.05, 4.69) is 15.2 Å². The minimum absolute atomic E-state index is 0.0367. The number of aromatic nitrogens is 2. The van der Waals surface area contributed by atoms with Crippen LogP contribution in [0.2, 0.25) is 0 Å². The van der Waals surface area contributed by atoms with Gasteiger partial charge in [0.05, 0.1) is 45.0 Å². The summed E-state index contributed by atoms with van der Waals surface area (Å²) in [6.45, 7) is 2.30. The third kappa shape index (κ3) is 9.23. The number of piperidine rings is 1. The number of carbonyl (C=O) groups is 3. The van der Waals surface area contributed by atoms with Gasteiger partial charge in [0.1, 0.15) is 11.6 Å². The molecule has 4 heterocycles. The number of hydrogen-bond donors (Lipinski definition) is 1. The van der Waals surface area contributed by atoms with Crippen LogP contribution in [0.15, 0.2) is 54.9 Å². The number of hydrogen-bond acceptors (Lipinski definition) is 10. The van der Waals surface area contributed by atoms with Gasteiger partial charge in [-0.25, -0.2) is 9.37 Å². The lowest BCUT2D eigenvalue weighted by atomic mass is 9.97. The van der Waals surface area contributed by atoms with Crippen LogP contribution in [-0.4, -0.2) is 98.1 Å². The molecule has 55 heavy (non-hydrogen) atoms. The van der Waals surface area contributed by atoms with Crippen molar-refractivity contribution >= 4 is 34.4 Å². The van der Waals surface area contributed by atoms with Crippen LogP contribution in [0, 0.1) is 23.1 Å². The molecule has 1 unspecified atom stereocenters. The van der Waals surface area contributed by atoms with Gasteiger partial charge in [-0.15, -0.1) is 0 Å². The molecule has 1 N–H and O–H groups in total. The fraction of sp³-hybridized carbons (Fsp3) is 0.415. The Morgan fingerprint density at radius 2 is 1.78 bits per heavy atom. The first-order chi connectivity index (χ1) is 26.7. The number of anilines is 1. The van der Waals surface area contributed by atoms with Crippen LogP contribution in [-0.2, 0) is 22.6 Å². The van der Waals surface area contributed by atoms with Crippen molar-refractivity contribution in [1.29, 1.82) is 5.26 Å². The van der Waals surface area contributed by atoms with Crippen molar-refractivity contribution in [3.63, 3.8) is 0 Å². The quantitative estimate of drug-likeness (QED) is 0.277. The lowest BCUT2D eigenvalue weighted by Gasteiger charge is -2.36. The number of nitrogens with one attached hydrogen (secondary N) is 1. The van der Waals surface area contributed by atoms with Gasteiger partial charge in [0.25, 0.3) is 5.91 Å². The number of ether oxygens (including phenoxy) is 3. The molecule has 4 aromatic rings.